The van der Waals surface area contributed by atoms with Gasteiger partial charge in [-0.05, 0) is 25.7 Å². The first-order valence-corrected chi connectivity index (χ1v) is 8.01. The smallest absolute Gasteiger partial charge is 0.0500 e. The minimum absolute atomic E-state index is 0.534. The summed E-state index contributed by atoms with van der Waals surface area (Å²) in [7, 11) is 2.08. The van der Waals surface area contributed by atoms with Crippen LogP contribution in [0.3, 0.4) is 0 Å². The molecular formula is C13H27N2Si. The lowest BCUT2D eigenvalue weighted by molar-refractivity contribution is 0.305. The summed E-state index contributed by atoms with van der Waals surface area (Å²) >= 11 is 0. The minimum atomic E-state index is 0.534. The minimum Gasteiger partial charge on any atom is -0.303 e. The van der Waals surface area contributed by atoms with Gasteiger partial charge < -0.3 is 10.6 Å². The molecule has 93 valence electrons. The molecule has 0 spiro atoms. The standard InChI is InChI=1S/C13H27N2Si/c16-13(14-11-7-3-1-4-8-11)15-12-9-5-2-6-10-12/h11-15H,1-10,16H2. The van der Waals surface area contributed by atoms with Gasteiger partial charge in [0.2, 0.25) is 0 Å². The molecule has 1 radical (unpaired) electrons. The van der Waals surface area contributed by atoms with E-state index in [-0.39, 0.29) is 0 Å². The molecule has 0 amide bonds. The van der Waals surface area contributed by atoms with Crippen LogP contribution in [0.1, 0.15) is 64.2 Å². The van der Waals surface area contributed by atoms with Crippen LogP contribution in [0.25, 0.3) is 0 Å². The van der Waals surface area contributed by atoms with Gasteiger partial charge in [0, 0.05) is 17.9 Å². The highest BCUT2D eigenvalue weighted by Gasteiger charge is 2.18. The van der Waals surface area contributed by atoms with Gasteiger partial charge >= 0.3 is 0 Å². The fraction of sp³-hybridized carbons (Fsp3) is 1.00. The second kappa shape index (κ2) is 6.77. The molecule has 2 aliphatic rings. The lowest BCUT2D eigenvalue weighted by Gasteiger charge is -2.31. The van der Waals surface area contributed by atoms with E-state index in [9.17, 15) is 0 Å². The maximum absolute atomic E-state index is 3.77. The van der Waals surface area contributed by atoms with E-state index in [1.165, 1.54) is 64.2 Å². The van der Waals surface area contributed by atoms with Crippen molar-refractivity contribution in [2.45, 2.75) is 82.1 Å². The van der Waals surface area contributed by atoms with E-state index in [1.807, 2.05) is 0 Å². The quantitative estimate of drug-likeness (QED) is 0.577. The third-order valence-electron chi connectivity index (χ3n) is 4.08. The van der Waals surface area contributed by atoms with E-state index in [4.69, 9.17) is 0 Å². The zero-order chi connectivity index (χ0) is 11.2. The molecule has 0 aromatic heterocycles. The average molecular weight is 239 g/mol. The SMILES string of the molecule is [SiH2]C(NC1CCCCC1)NC1CCCCC1. The van der Waals surface area contributed by atoms with Crippen molar-refractivity contribution in [2.75, 3.05) is 0 Å². The first-order chi connectivity index (χ1) is 7.84. The Kier molecular flexibility index (Phi) is 5.33. The Morgan fingerprint density at radius 1 is 0.688 bits per heavy atom. The molecule has 0 atom stereocenters. The zero-order valence-electron chi connectivity index (χ0n) is 10.5. The van der Waals surface area contributed by atoms with Crippen molar-refractivity contribution in [1.29, 1.82) is 0 Å². The molecule has 2 nitrogen and oxygen atoms in total. The van der Waals surface area contributed by atoms with Crippen LogP contribution in [0.4, 0.5) is 0 Å². The van der Waals surface area contributed by atoms with E-state index >= 15 is 0 Å². The van der Waals surface area contributed by atoms with Gasteiger partial charge in [-0.15, -0.1) is 0 Å². The summed E-state index contributed by atoms with van der Waals surface area (Å²) in [5, 5.41) is 7.53. The molecule has 0 heterocycles. The molecule has 2 N–H and O–H groups in total. The Balaban J connectivity index is 1.64. The topological polar surface area (TPSA) is 24.1 Å². The Bertz CT molecular complexity index is 166. The Morgan fingerprint density at radius 3 is 1.44 bits per heavy atom. The van der Waals surface area contributed by atoms with Crippen LogP contribution in [0.5, 0.6) is 0 Å². The van der Waals surface area contributed by atoms with Crippen molar-refractivity contribution in [3.05, 3.63) is 0 Å². The molecule has 3 heteroatoms. The van der Waals surface area contributed by atoms with Gasteiger partial charge in [-0.25, -0.2) is 0 Å². The van der Waals surface area contributed by atoms with Crippen molar-refractivity contribution in [3.8, 4) is 0 Å². The zero-order valence-corrected chi connectivity index (χ0v) is 11.9. The number of hydrogen-bond acceptors (Lipinski definition) is 2. The predicted octanol–water partition coefficient (Wildman–Crippen LogP) is 1.75. The fourth-order valence-electron chi connectivity index (χ4n) is 3.16. The Labute approximate surface area is 103 Å². The number of nitrogens with one attached hydrogen (secondary N) is 2. The predicted molar refractivity (Wildman–Crippen MR) is 72.3 cm³/mol. The van der Waals surface area contributed by atoms with Gasteiger partial charge in [-0.2, -0.15) is 0 Å². The molecule has 2 fully saturated rings. The van der Waals surface area contributed by atoms with Crippen LogP contribution in [0.2, 0.25) is 0 Å². The van der Waals surface area contributed by atoms with Crippen molar-refractivity contribution in [3.63, 3.8) is 0 Å². The molecule has 0 aromatic carbocycles. The molecule has 2 aliphatic carbocycles. The fourth-order valence-corrected chi connectivity index (χ4v) is 3.82. The Morgan fingerprint density at radius 2 is 1.06 bits per heavy atom. The summed E-state index contributed by atoms with van der Waals surface area (Å²) in [6, 6.07) is 1.57. The van der Waals surface area contributed by atoms with Crippen molar-refractivity contribution in [1.82, 2.24) is 10.6 Å². The maximum Gasteiger partial charge on any atom is 0.0500 e. The van der Waals surface area contributed by atoms with Gasteiger partial charge in [-0.1, -0.05) is 38.5 Å². The second-order valence-corrected chi connectivity index (χ2v) is 6.37. The summed E-state index contributed by atoms with van der Waals surface area (Å²) in [6.07, 6.45) is 14.2. The van der Waals surface area contributed by atoms with E-state index in [1.54, 1.807) is 0 Å². The summed E-state index contributed by atoms with van der Waals surface area (Å²) < 4.78 is 0. The lowest BCUT2D eigenvalue weighted by Crippen LogP contribution is -2.52. The molecule has 2 rings (SSSR count). The van der Waals surface area contributed by atoms with E-state index in [0.717, 1.165) is 12.1 Å². The molecule has 0 bridgehead atoms. The van der Waals surface area contributed by atoms with Crippen LogP contribution in [-0.4, -0.2) is 28.1 Å². The molecule has 16 heavy (non-hydrogen) atoms. The highest BCUT2D eigenvalue weighted by Crippen LogP contribution is 2.19. The van der Waals surface area contributed by atoms with Gasteiger partial charge in [0.05, 0.1) is 10.2 Å². The number of hydrogen-bond donors (Lipinski definition) is 2. The molecule has 0 aliphatic heterocycles. The van der Waals surface area contributed by atoms with Crippen molar-refractivity contribution >= 4 is 10.2 Å². The normalized spacial score (nSPS) is 25.1. The summed E-state index contributed by atoms with van der Waals surface area (Å²) in [6.45, 7) is 0. The van der Waals surface area contributed by atoms with E-state index in [2.05, 4.69) is 20.9 Å². The summed E-state index contributed by atoms with van der Waals surface area (Å²) in [5.74, 6) is 0.534. The van der Waals surface area contributed by atoms with Crippen LogP contribution >= 0.6 is 0 Å². The summed E-state index contributed by atoms with van der Waals surface area (Å²) in [4.78, 5) is 0. The van der Waals surface area contributed by atoms with E-state index < -0.39 is 0 Å². The first kappa shape index (κ1) is 12.6. The largest absolute Gasteiger partial charge is 0.303 e. The molecule has 0 saturated heterocycles. The lowest BCUT2D eigenvalue weighted by atomic mass is 9.95. The van der Waals surface area contributed by atoms with Crippen LogP contribution in [0, 0.1) is 0 Å². The average Bonchev–Trinajstić information content (AvgIpc) is 2.31. The third kappa shape index (κ3) is 4.19. The van der Waals surface area contributed by atoms with E-state index in [0.29, 0.717) is 5.79 Å². The van der Waals surface area contributed by atoms with Crippen molar-refractivity contribution < 1.29 is 0 Å². The second-order valence-electron chi connectivity index (χ2n) is 5.56. The van der Waals surface area contributed by atoms with Crippen LogP contribution in [0.15, 0.2) is 0 Å². The number of rotatable bonds is 4. The van der Waals surface area contributed by atoms with Crippen molar-refractivity contribution in [2.24, 2.45) is 0 Å². The highest BCUT2D eigenvalue weighted by molar-refractivity contribution is 6.11. The van der Waals surface area contributed by atoms with Gasteiger partial charge in [0.25, 0.3) is 0 Å². The first-order valence-electron chi connectivity index (χ1n) is 7.20. The van der Waals surface area contributed by atoms with Gasteiger partial charge in [0.1, 0.15) is 0 Å². The maximum atomic E-state index is 3.77. The molecule has 0 unspecified atom stereocenters. The van der Waals surface area contributed by atoms with Gasteiger partial charge in [0.15, 0.2) is 0 Å². The molecule has 2 saturated carbocycles. The van der Waals surface area contributed by atoms with Crippen LogP contribution in [-0.2, 0) is 0 Å². The van der Waals surface area contributed by atoms with Crippen LogP contribution < -0.4 is 10.6 Å². The monoisotopic (exact) mass is 239 g/mol. The molecule has 0 aromatic rings. The Hall–Kier alpha value is 0.137. The molecular weight excluding hydrogens is 212 g/mol. The van der Waals surface area contributed by atoms with Gasteiger partial charge in [-0.3, -0.25) is 0 Å². The highest BCUT2D eigenvalue weighted by atomic mass is 28.1. The summed E-state index contributed by atoms with van der Waals surface area (Å²) in [5.41, 5.74) is 0. The third-order valence-corrected chi connectivity index (χ3v) is 4.56.